The minimum absolute atomic E-state index is 0.730. The number of fused-ring (bicyclic) bond motifs is 1. The largest absolute Gasteiger partial charge is 0.313 e. The SMILES string of the molecule is CCCc1ccc(-c2cc3ccc(CC)cn3c2C=O)cc1. The van der Waals surface area contributed by atoms with E-state index in [9.17, 15) is 4.79 Å². The van der Waals surface area contributed by atoms with Gasteiger partial charge in [0.1, 0.15) is 0 Å². The number of aldehydes is 1. The van der Waals surface area contributed by atoms with Crippen LogP contribution in [0.5, 0.6) is 0 Å². The number of nitrogens with zero attached hydrogens (tertiary/aromatic N) is 1. The summed E-state index contributed by atoms with van der Waals surface area (Å²) in [5.74, 6) is 0. The Labute approximate surface area is 131 Å². The van der Waals surface area contributed by atoms with Crippen molar-refractivity contribution in [3.05, 3.63) is 65.5 Å². The van der Waals surface area contributed by atoms with Gasteiger partial charge >= 0.3 is 0 Å². The van der Waals surface area contributed by atoms with Crippen LogP contribution in [-0.4, -0.2) is 10.7 Å². The summed E-state index contributed by atoms with van der Waals surface area (Å²) in [5.41, 5.74) is 6.47. The second-order valence-corrected chi connectivity index (χ2v) is 5.69. The Hall–Kier alpha value is -2.35. The van der Waals surface area contributed by atoms with Gasteiger partial charge in [0.05, 0.1) is 5.69 Å². The van der Waals surface area contributed by atoms with E-state index in [1.807, 2.05) is 4.40 Å². The number of aromatic nitrogens is 1. The van der Waals surface area contributed by atoms with Gasteiger partial charge in [0.2, 0.25) is 0 Å². The minimum atomic E-state index is 0.730. The highest BCUT2D eigenvalue weighted by Gasteiger charge is 2.11. The van der Waals surface area contributed by atoms with Gasteiger partial charge in [-0.15, -0.1) is 0 Å². The highest BCUT2D eigenvalue weighted by atomic mass is 16.1. The average Bonchev–Trinajstić information content (AvgIpc) is 2.93. The van der Waals surface area contributed by atoms with Crippen molar-refractivity contribution in [2.24, 2.45) is 0 Å². The van der Waals surface area contributed by atoms with E-state index < -0.39 is 0 Å². The van der Waals surface area contributed by atoms with Crippen molar-refractivity contribution in [2.75, 3.05) is 0 Å². The fourth-order valence-corrected chi connectivity index (χ4v) is 2.93. The molecule has 0 spiro atoms. The molecule has 112 valence electrons. The Kier molecular flexibility index (Phi) is 4.10. The number of hydrogen-bond acceptors (Lipinski definition) is 1. The number of aryl methyl sites for hydroxylation is 2. The van der Waals surface area contributed by atoms with Gasteiger partial charge in [-0.3, -0.25) is 4.79 Å². The lowest BCUT2D eigenvalue weighted by molar-refractivity contribution is 0.111. The topological polar surface area (TPSA) is 21.5 Å². The number of rotatable bonds is 5. The van der Waals surface area contributed by atoms with Crippen LogP contribution < -0.4 is 0 Å². The summed E-state index contributed by atoms with van der Waals surface area (Å²) in [6.07, 6.45) is 6.23. The molecule has 0 saturated heterocycles. The van der Waals surface area contributed by atoms with E-state index in [1.54, 1.807) is 0 Å². The molecule has 0 radical (unpaired) electrons. The molecule has 0 aliphatic carbocycles. The van der Waals surface area contributed by atoms with Crippen molar-refractivity contribution in [1.29, 1.82) is 0 Å². The maximum Gasteiger partial charge on any atom is 0.167 e. The standard InChI is InChI=1S/C20H21NO/c1-3-5-16-6-9-17(10-7-16)19-12-18-11-8-15(4-2)13-21(18)20(19)14-22/h6-14H,3-5H2,1-2H3. The number of carbonyl (C=O) groups is 1. The molecule has 0 saturated carbocycles. The summed E-state index contributed by atoms with van der Waals surface area (Å²) in [7, 11) is 0. The Morgan fingerprint density at radius 2 is 1.73 bits per heavy atom. The highest BCUT2D eigenvalue weighted by Crippen LogP contribution is 2.27. The van der Waals surface area contributed by atoms with Gasteiger partial charge in [0.15, 0.2) is 6.29 Å². The second kappa shape index (κ2) is 6.18. The molecule has 0 aliphatic rings. The van der Waals surface area contributed by atoms with Crippen LogP contribution in [0.25, 0.3) is 16.6 Å². The monoisotopic (exact) mass is 291 g/mol. The van der Waals surface area contributed by atoms with E-state index in [2.05, 4.69) is 62.5 Å². The van der Waals surface area contributed by atoms with Crippen LogP contribution in [0.4, 0.5) is 0 Å². The molecule has 2 heterocycles. The smallest absolute Gasteiger partial charge is 0.167 e. The lowest BCUT2D eigenvalue weighted by Gasteiger charge is -2.04. The molecule has 0 fully saturated rings. The highest BCUT2D eigenvalue weighted by molar-refractivity contribution is 5.89. The molecule has 3 rings (SSSR count). The van der Waals surface area contributed by atoms with Crippen molar-refractivity contribution < 1.29 is 4.79 Å². The van der Waals surface area contributed by atoms with Gasteiger partial charge in [-0.25, -0.2) is 0 Å². The Bertz CT molecular complexity index is 796. The van der Waals surface area contributed by atoms with Gasteiger partial charge in [-0.2, -0.15) is 0 Å². The quantitative estimate of drug-likeness (QED) is 0.610. The van der Waals surface area contributed by atoms with Gasteiger partial charge in [0.25, 0.3) is 0 Å². The number of carbonyl (C=O) groups excluding carboxylic acids is 1. The number of benzene rings is 1. The second-order valence-electron chi connectivity index (χ2n) is 5.69. The molecule has 0 atom stereocenters. The molecular weight excluding hydrogens is 270 g/mol. The van der Waals surface area contributed by atoms with Gasteiger partial charge in [-0.05, 0) is 41.7 Å². The Balaban J connectivity index is 2.11. The molecule has 22 heavy (non-hydrogen) atoms. The van der Waals surface area contributed by atoms with Crippen LogP contribution >= 0.6 is 0 Å². The molecule has 3 aromatic rings. The summed E-state index contributed by atoms with van der Waals surface area (Å²) in [6, 6.07) is 14.9. The fraction of sp³-hybridized carbons (Fsp3) is 0.250. The van der Waals surface area contributed by atoms with Gasteiger partial charge < -0.3 is 4.40 Å². The summed E-state index contributed by atoms with van der Waals surface area (Å²) >= 11 is 0. The molecule has 0 unspecified atom stereocenters. The predicted octanol–water partition coefficient (Wildman–Crippen LogP) is 4.93. The van der Waals surface area contributed by atoms with Crippen molar-refractivity contribution in [2.45, 2.75) is 33.1 Å². The summed E-state index contributed by atoms with van der Waals surface area (Å²) < 4.78 is 2.00. The zero-order valence-electron chi connectivity index (χ0n) is 13.2. The minimum Gasteiger partial charge on any atom is -0.313 e. The third-order valence-electron chi connectivity index (χ3n) is 4.19. The lowest BCUT2D eigenvalue weighted by atomic mass is 10.0. The molecular formula is C20H21NO. The van der Waals surface area contributed by atoms with Crippen LogP contribution in [0.1, 0.15) is 41.9 Å². The van der Waals surface area contributed by atoms with Crippen LogP contribution in [0, 0.1) is 0 Å². The van der Waals surface area contributed by atoms with Crippen molar-refractivity contribution in [1.82, 2.24) is 4.40 Å². The average molecular weight is 291 g/mol. The molecule has 0 N–H and O–H groups in total. The third kappa shape index (κ3) is 2.57. The van der Waals surface area contributed by atoms with Gasteiger partial charge in [0, 0.05) is 17.3 Å². The maximum atomic E-state index is 11.6. The van der Waals surface area contributed by atoms with E-state index in [4.69, 9.17) is 0 Å². The summed E-state index contributed by atoms with van der Waals surface area (Å²) in [5, 5.41) is 0. The molecule has 2 aromatic heterocycles. The van der Waals surface area contributed by atoms with Crippen LogP contribution in [0.2, 0.25) is 0 Å². The summed E-state index contributed by atoms with van der Waals surface area (Å²) in [6.45, 7) is 4.31. The number of pyridine rings is 1. The fourth-order valence-electron chi connectivity index (χ4n) is 2.93. The van der Waals surface area contributed by atoms with Gasteiger partial charge in [-0.1, -0.05) is 50.6 Å². The molecule has 1 aromatic carbocycles. The zero-order valence-corrected chi connectivity index (χ0v) is 13.2. The van der Waals surface area contributed by atoms with E-state index in [-0.39, 0.29) is 0 Å². The lowest BCUT2D eigenvalue weighted by Crippen LogP contribution is -1.94. The molecule has 0 bridgehead atoms. The molecule has 2 nitrogen and oxygen atoms in total. The normalized spacial score (nSPS) is 11.0. The first-order chi connectivity index (χ1) is 10.8. The Morgan fingerprint density at radius 1 is 1.00 bits per heavy atom. The summed E-state index contributed by atoms with van der Waals surface area (Å²) in [4.78, 5) is 11.6. The van der Waals surface area contributed by atoms with E-state index >= 15 is 0 Å². The molecule has 0 aliphatic heterocycles. The van der Waals surface area contributed by atoms with Crippen LogP contribution in [0.15, 0.2) is 48.7 Å². The third-order valence-corrected chi connectivity index (χ3v) is 4.19. The first-order valence-electron chi connectivity index (χ1n) is 7.95. The first-order valence-corrected chi connectivity index (χ1v) is 7.95. The van der Waals surface area contributed by atoms with Crippen LogP contribution in [-0.2, 0) is 12.8 Å². The first kappa shape index (κ1) is 14.6. The molecule has 2 heteroatoms. The van der Waals surface area contributed by atoms with Crippen LogP contribution in [0.3, 0.4) is 0 Å². The Morgan fingerprint density at radius 3 is 2.36 bits per heavy atom. The van der Waals surface area contributed by atoms with Crippen molar-refractivity contribution in [3.63, 3.8) is 0 Å². The van der Waals surface area contributed by atoms with Crippen molar-refractivity contribution >= 4 is 11.8 Å². The number of hydrogen-bond donors (Lipinski definition) is 0. The molecule has 0 amide bonds. The van der Waals surface area contributed by atoms with E-state index in [0.717, 1.165) is 47.9 Å². The van der Waals surface area contributed by atoms with E-state index in [1.165, 1.54) is 11.1 Å². The maximum absolute atomic E-state index is 11.6. The zero-order chi connectivity index (χ0) is 15.5. The van der Waals surface area contributed by atoms with E-state index in [0.29, 0.717) is 0 Å². The van der Waals surface area contributed by atoms with Crippen molar-refractivity contribution in [3.8, 4) is 11.1 Å². The predicted molar refractivity (Wildman–Crippen MR) is 91.6 cm³/mol.